The van der Waals surface area contributed by atoms with E-state index in [4.69, 9.17) is 5.11 Å². The van der Waals surface area contributed by atoms with Crippen molar-refractivity contribution in [3.63, 3.8) is 0 Å². The molecule has 0 atom stereocenters. The monoisotopic (exact) mass is 314 g/mol. The molecule has 120 valence electrons. The zero-order valence-electron chi connectivity index (χ0n) is 12.5. The first kappa shape index (κ1) is 15.0. The van der Waals surface area contributed by atoms with Crippen molar-refractivity contribution in [2.75, 3.05) is 18.5 Å². The molecule has 0 saturated carbocycles. The molecule has 8 heteroatoms. The molecular formula is C15H18N6O2. The molecule has 0 bridgehead atoms. The lowest BCUT2D eigenvalue weighted by Gasteiger charge is -2.03. The van der Waals surface area contributed by atoms with E-state index in [1.807, 2.05) is 35.0 Å². The number of amides is 1. The first-order valence-electron chi connectivity index (χ1n) is 7.31. The van der Waals surface area contributed by atoms with Gasteiger partial charge in [-0.05, 0) is 12.1 Å². The van der Waals surface area contributed by atoms with E-state index in [2.05, 4.69) is 20.7 Å². The fourth-order valence-electron chi connectivity index (χ4n) is 2.20. The number of aromatic nitrogens is 4. The van der Waals surface area contributed by atoms with Crippen LogP contribution in [0.3, 0.4) is 0 Å². The number of imidazole rings is 1. The minimum Gasteiger partial charge on any atom is -0.395 e. The van der Waals surface area contributed by atoms with Crippen LogP contribution in [0.25, 0.3) is 5.65 Å². The van der Waals surface area contributed by atoms with Crippen molar-refractivity contribution >= 4 is 17.2 Å². The van der Waals surface area contributed by atoms with Gasteiger partial charge in [-0.3, -0.25) is 9.48 Å². The lowest BCUT2D eigenvalue weighted by atomic mass is 10.4. The van der Waals surface area contributed by atoms with Crippen LogP contribution in [0.15, 0.2) is 43.0 Å². The highest BCUT2D eigenvalue weighted by Gasteiger charge is 2.05. The fraction of sp³-hybridized carbons (Fsp3) is 0.267. The number of aliphatic hydroxyl groups is 1. The van der Waals surface area contributed by atoms with Crippen LogP contribution in [0.1, 0.15) is 5.69 Å². The second-order valence-electron chi connectivity index (χ2n) is 5.05. The zero-order chi connectivity index (χ0) is 16.1. The quantitative estimate of drug-likeness (QED) is 0.581. The van der Waals surface area contributed by atoms with E-state index in [9.17, 15) is 4.79 Å². The van der Waals surface area contributed by atoms with Crippen LogP contribution in [0, 0.1) is 0 Å². The van der Waals surface area contributed by atoms with Gasteiger partial charge in [-0.2, -0.15) is 5.10 Å². The first-order valence-corrected chi connectivity index (χ1v) is 7.31. The van der Waals surface area contributed by atoms with Crippen molar-refractivity contribution < 1.29 is 9.90 Å². The van der Waals surface area contributed by atoms with Crippen molar-refractivity contribution in [3.05, 3.63) is 48.7 Å². The average molecular weight is 314 g/mol. The van der Waals surface area contributed by atoms with E-state index in [0.717, 1.165) is 17.0 Å². The lowest BCUT2D eigenvalue weighted by molar-refractivity contribution is -0.122. The Balaban J connectivity index is 1.55. The summed E-state index contributed by atoms with van der Waals surface area (Å²) in [6.45, 7) is 0.871. The smallest absolute Gasteiger partial charge is 0.241 e. The minimum atomic E-state index is -0.186. The number of hydrogen-bond acceptors (Lipinski definition) is 5. The molecule has 0 radical (unpaired) electrons. The highest BCUT2D eigenvalue weighted by atomic mass is 16.3. The second-order valence-corrected chi connectivity index (χ2v) is 5.05. The Morgan fingerprint density at radius 2 is 2.22 bits per heavy atom. The van der Waals surface area contributed by atoms with E-state index < -0.39 is 0 Å². The van der Waals surface area contributed by atoms with Crippen molar-refractivity contribution in [1.29, 1.82) is 0 Å². The summed E-state index contributed by atoms with van der Waals surface area (Å²) in [7, 11) is 0. The summed E-state index contributed by atoms with van der Waals surface area (Å²) in [6.07, 6.45) is 7.34. The third kappa shape index (κ3) is 3.86. The number of carbonyl (C=O) groups is 1. The molecule has 0 fully saturated rings. The van der Waals surface area contributed by atoms with Gasteiger partial charge in [-0.15, -0.1) is 0 Å². The summed E-state index contributed by atoms with van der Waals surface area (Å²) in [5.74, 6) is -0.186. The predicted molar refractivity (Wildman–Crippen MR) is 84.8 cm³/mol. The van der Waals surface area contributed by atoms with Gasteiger partial charge < -0.3 is 20.1 Å². The molecule has 0 unspecified atom stereocenters. The Hall–Kier alpha value is -2.87. The lowest BCUT2D eigenvalue weighted by Crippen LogP contribution is -2.30. The number of nitrogens with zero attached hydrogens (tertiary/aromatic N) is 4. The molecule has 3 aromatic rings. The molecule has 0 aliphatic carbocycles. The van der Waals surface area contributed by atoms with Crippen molar-refractivity contribution in [3.8, 4) is 0 Å². The molecule has 3 rings (SSSR count). The third-order valence-electron chi connectivity index (χ3n) is 3.26. The van der Waals surface area contributed by atoms with E-state index in [-0.39, 0.29) is 25.6 Å². The Labute approximate surface area is 132 Å². The molecule has 0 aromatic carbocycles. The molecule has 0 aliphatic rings. The molecule has 3 N–H and O–H groups in total. The van der Waals surface area contributed by atoms with Crippen LogP contribution >= 0.6 is 0 Å². The van der Waals surface area contributed by atoms with E-state index in [0.29, 0.717) is 6.54 Å². The summed E-state index contributed by atoms with van der Waals surface area (Å²) in [5, 5.41) is 18.6. The fourth-order valence-corrected chi connectivity index (χ4v) is 2.20. The Kier molecular flexibility index (Phi) is 4.53. The van der Waals surface area contributed by atoms with E-state index in [1.165, 1.54) is 0 Å². The van der Waals surface area contributed by atoms with Gasteiger partial charge in [0.25, 0.3) is 0 Å². The van der Waals surface area contributed by atoms with Crippen molar-refractivity contribution in [1.82, 2.24) is 24.5 Å². The number of carbonyl (C=O) groups excluding carboxylic acids is 1. The number of rotatable bonds is 7. The topological polar surface area (TPSA) is 96.5 Å². The largest absolute Gasteiger partial charge is 0.395 e. The molecule has 0 spiro atoms. The second kappa shape index (κ2) is 6.93. The number of anilines is 1. The predicted octanol–water partition coefficient (Wildman–Crippen LogP) is 0.251. The standard InChI is InChI=1S/C15H18N6O2/c22-6-4-16-15(23)11-21-10-12(8-18-21)17-7-13-9-20-5-2-1-3-14(20)19-13/h1-3,5,8-10,17,22H,4,6-7,11H2,(H,16,23). The average Bonchev–Trinajstić information content (AvgIpc) is 3.16. The van der Waals surface area contributed by atoms with Crippen LogP contribution in [0.2, 0.25) is 0 Å². The van der Waals surface area contributed by atoms with Crippen LogP contribution in [-0.2, 0) is 17.9 Å². The molecule has 0 aliphatic heterocycles. The van der Waals surface area contributed by atoms with Crippen LogP contribution in [0.5, 0.6) is 0 Å². The van der Waals surface area contributed by atoms with E-state index >= 15 is 0 Å². The van der Waals surface area contributed by atoms with Gasteiger partial charge in [-0.1, -0.05) is 6.07 Å². The maximum absolute atomic E-state index is 11.5. The summed E-state index contributed by atoms with van der Waals surface area (Å²) >= 11 is 0. The maximum Gasteiger partial charge on any atom is 0.241 e. The van der Waals surface area contributed by atoms with Gasteiger partial charge in [0.1, 0.15) is 12.2 Å². The van der Waals surface area contributed by atoms with E-state index in [1.54, 1.807) is 17.1 Å². The first-order chi connectivity index (χ1) is 11.2. The number of pyridine rings is 1. The minimum absolute atomic E-state index is 0.0728. The Bertz CT molecular complexity index is 761. The SMILES string of the molecule is O=C(Cn1cc(NCc2cn3ccccc3n2)cn1)NCCO. The van der Waals surface area contributed by atoms with Gasteiger partial charge in [0.15, 0.2) is 0 Å². The number of fused-ring (bicyclic) bond motifs is 1. The Morgan fingerprint density at radius 1 is 1.30 bits per heavy atom. The van der Waals surface area contributed by atoms with Gasteiger partial charge in [-0.25, -0.2) is 4.98 Å². The molecule has 3 aromatic heterocycles. The van der Waals surface area contributed by atoms with Crippen LogP contribution in [0.4, 0.5) is 5.69 Å². The summed E-state index contributed by atoms with van der Waals surface area (Å²) in [4.78, 5) is 16.0. The van der Waals surface area contributed by atoms with Gasteiger partial charge in [0, 0.05) is 25.1 Å². The van der Waals surface area contributed by atoms with Crippen LogP contribution in [-0.4, -0.2) is 43.3 Å². The molecular weight excluding hydrogens is 296 g/mol. The van der Waals surface area contributed by atoms with Crippen molar-refractivity contribution in [2.45, 2.75) is 13.1 Å². The highest BCUT2D eigenvalue weighted by Crippen LogP contribution is 2.09. The summed E-state index contributed by atoms with van der Waals surface area (Å²) in [5.41, 5.74) is 2.64. The zero-order valence-corrected chi connectivity index (χ0v) is 12.5. The molecule has 23 heavy (non-hydrogen) atoms. The third-order valence-corrected chi connectivity index (χ3v) is 3.26. The Morgan fingerprint density at radius 3 is 3.04 bits per heavy atom. The molecule has 8 nitrogen and oxygen atoms in total. The molecule has 0 saturated heterocycles. The number of aliphatic hydroxyl groups excluding tert-OH is 1. The summed E-state index contributed by atoms with van der Waals surface area (Å²) in [6, 6.07) is 5.86. The molecule has 1 amide bonds. The van der Waals surface area contributed by atoms with Gasteiger partial charge in [0.2, 0.25) is 5.91 Å². The van der Waals surface area contributed by atoms with Gasteiger partial charge in [0.05, 0.1) is 30.7 Å². The summed E-state index contributed by atoms with van der Waals surface area (Å²) < 4.78 is 3.50. The maximum atomic E-state index is 11.5. The highest BCUT2D eigenvalue weighted by molar-refractivity contribution is 5.75. The van der Waals surface area contributed by atoms with Crippen molar-refractivity contribution in [2.24, 2.45) is 0 Å². The van der Waals surface area contributed by atoms with Crippen LogP contribution < -0.4 is 10.6 Å². The number of hydrogen-bond donors (Lipinski definition) is 3. The molecule has 3 heterocycles. The van der Waals surface area contributed by atoms with Gasteiger partial charge >= 0.3 is 0 Å². The normalized spacial score (nSPS) is 10.8. The number of nitrogens with one attached hydrogen (secondary N) is 2.